The first kappa shape index (κ1) is 19.7. The maximum absolute atomic E-state index is 13.2. The molecule has 0 saturated heterocycles. The molecule has 2 aromatic rings. The molecular weight excluding hydrogens is 335 g/mol. The van der Waals surface area contributed by atoms with Crippen LogP contribution in [-0.4, -0.2) is 39.8 Å². The highest BCUT2D eigenvalue weighted by Crippen LogP contribution is 2.27. The summed E-state index contributed by atoms with van der Waals surface area (Å²) >= 11 is 0. The van der Waals surface area contributed by atoms with Crippen LogP contribution in [0.5, 0.6) is 11.5 Å². The van der Waals surface area contributed by atoms with Gasteiger partial charge in [0.15, 0.2) is 17.5 Å². The summed E-state index contributed by atoms with van der Waals surface area (Å²) in [6.07, 6.45) is 0.795. The summed E-state index contributed by atoms with van der Waals surface area (Å²) < 4.78 is 23.8. The molecule has 140 valence electrons. The number of quaternary nitrogens is 1. The molecule has 0 aromatic heterocycles. The van der Waals surface area contributed by atoms with Gasteiger partial charge in [0.05, 0.1) is 27.8 Å². The topological polar surface area (TPSA) is 52.0 Å². The molecule has 1 amide bonds. The minimum Gasteiger partial charge on any atom is -0.493 e. The Balaban J connectivity index is 1.92. The number of amides is 1. The SMILES string of the molecule is COc1ccc(CC[NH+](C)[C@H](C)C(=O)Nc2cccc(F)c2)cc1OC. The lowest BCUT2D eigenvalue weighted by Gasteiger charge is -2.21. The number of benzene rings is 2. The fourth-order valence-electron chi connectivity index (χ4n) is 2.63. The Morgan fingerprint density at radius 3 is 2.54 bits per heavy atom. The Kier molecular flexibility index (Phi) is 6.97. The number of rotatable bonds is 8. The van der Waals surface area contributed by atoms with Crippen LogP contribution in [0.15, 0.2) is 42.5 Å². The fourth-order valence-corrected chi connectivity index (χ4v) is 2.63. The Labute approximate surface area is 153 Å². The summed E-state index contributed by atoms with van der Waals surface area (Å²) in [5.74, 6) is 0.879. The molecule has 0 heterocycles. The van der Waals surface area contributed by atoms with Crippen LogP contribution in [0.3, 0.4) is 0 Å². The monoisotopic (exact) mass is 361 g/mol. The lowest BCUT2D eigenvalue weighted by Crippen LogP contribution is -3.14. The molecule has 26 heavy (non-hydrogen) atoms. The van der Waals surface area contributed by atoms with E-state index in [4.69, 9.17) is 9.47 Å². The van der Waals surface area contributed by atoms with Crippen molar-refractivity contribution in [2.45, 2.75) is 19.4 Å². The number of ether oxygens (including phenoxy) is 2. The van der Waals surface area contributed by atoms with E-state index in [1.165, 1.54) is 12.1 Å². The minimum absolute atomic E-state index is 0.139. The molecule has 2 atom stereocenters. The number of carbonyl (C=O) groups excluding carboxylic acids is 1. The van der Waals surface area contributed by atoms with Gasteiger partial charge < -0.3 is 19.7 Å². The summed E-state index contributed by atoms with van der Waals surface area (Å²) in [6, 6.07) is 11.5. The van der Waals surface area contributed by atoms with Crippen LogP contribution in [0.2, 0.25) is 0 Å². The van der Waals surface area contributed by atoms with E-state index >= 15 is 0 Å². The first-order chi connectivity index (χ1) is 12.4. The molecule has 1 unspecified atom stereocenters. The van der Waals surface area contributed by atoms with Crippen molar-refractivity contribution in [1.82, 2.24) is 0 Å². The maximum atomic E-state index is 13.2. The third-order valence-corrected chi connectivity index (χ3v) is 4.48. The fraction of sp³-hybridized carbons (Fsp3) is 0.350. The number of nitrogens with one attached hydrogen (secondary N) is 2. The van der Waals surface area contributed by atoms with E-state index in [2.05, 4.69) is 5.32 Å². The van der Waals surface area contributed by atoms with Gasteiger partial charge in [-0.05, 0) is 42.8 Å². The minimum atomic E-state index is -0.371. The Morgan fingerprint density at radius 1 is 1.15 bits per heavy atom. The first-order valence-corrected chi connectivity index (χ1v) is 8.54. The van der Waals surface area contributed by atoms with Crippen molar-refractivity contribution in [2.24, 2.45) is 0 Å². The van der Waals surface area contributed by atoms with E-state index in [9.17, 15) is 9.18 Å². The van der Waals surface area contributed by atoms with Crippen molar-refractivity contribution in [3.05, 3.63) is 53.8 Å². The van der Waals surface area contributed by atoms with Crippen LogP contribution in [0, 0.1) is 5.82 Å². The van der Waals surface area contributed by atoms with Crippen molar-refractivity contribution in [3.63, 3.8) is 0 Å². The van der Waals surface area contributed by atoms with Gasteiger partial charge in [-0.3, -0.25) is 4.79 Å². The average Bonchev–Trinajstić information content (AvgIpc) is 2.65. The molecular formula is C20H26FN2O3+. The van der Waals surface area contributed by atoms with Crippen LogP contribution in [0.1, 0.15) is 12.5 Å². The van der Waals surface area contributed by atoms with E-state index in [-0.39, 0.29) is 17.8 Å². The number of methoxy groups -OCH3 is 2. The quantitative estimate of drug-likeness (QED) is 0.755. The van der Waals surface area contributed by atoms with Crippen molar-refractivity contribution in [2.75, 3.05) is 33.1 Å². The lowest BCUT2D eigenvalue weighted by atomic mass is 10.1. The Morgan fingerprint density at radius 2 is 1.88 bits per heavy atom. The molecule has 0 aliphatic heterocycles. The van der Waals surface area contributed by atoms with E-state index in [0.29, 0.717) is 17.2 Å². The van der Waals surface area contributed by atoms with Crippen molar-refractivity contribution in [1.29, 1.82) is 0 Å². The number of hydrogen-bond acceptors (Lipinski definition) is 3. The summed E-state index contributed by atoms with van der Waals surface area (Å²) in [7, 11) is 5.18. The largest absolute Gasteiger partial charge is 0.493 e. The molecule has 2 aromatic carbocycles. The Bertz CT molecular complexity index is 752. The van der Waals surface area contributed by atoms with Crippen LogP contribution < -0.4 is 19.7 Å². The number of hydrogen-bond donors (Lipinski definition) is 2. The standard InChI is InChI=1S/C20H25FN2O3/c1-14(20(24)22-17-7-5-6-16(21)13-17)23(2)11-10-15-8-9-18(25-3)19(12-15)26-4/h5-9,12-14H,10-11H2,1-4H3,(H,22,24)/p+1/t14-/m1/s1. The normalized spacial score (nSPS) is 13.0. The van der Waals surface area contributed by atoms with Gasteiger partial charge >= 0.3 is 0 Å². The molecule has 0 bridgehead atoms. The third kappa shape index (κ3) is 5.20. The van der Waals surface area contributed by atoms with Gasteiger partial charge in [0.25, 0.3) is 5.91 Å². The predicted molar refractivity (Wildman–Crippen MR) is 99.5 cm³/mol. The molecule has 5 nitrogen and oxygen atoms in total. The van der Waals surface area contributed by atoms with Gasteiger partial charge in [-0.2, -0.15) is 0 Å². The van der Waals surface area contributed by atoms with E-state index in [1.807, 2.05) is 32.2 Å². The molecule has 0 fully saturated rings. The summed E-state index contributed by atoms with van der Waals surface area (Å²) in [6.45, 7) is 2.63. The van der Waals surface area contributed by atoms with E-state index < -0.39 is 0 Å². The van der Waals surface area contributed by atoms with Crippen LogP contribution in [-0.2, 0) is 11.2 Å². The smallest absolute Gasteiger partial charge is 0.282 e. The molecule has 6 heteroatoms. The molecule has 0 aliphatic carbocycles. The Hall–Kier alpha value is -2.60. The summed E-state index contributed by atoms with van der Waals surface area (Å²) in [5.41, 5.74) is 1.58. The summed E-state index contributed by atoms with van der Waals surface area (Å²) in [4.78, 5) is 13.4. The van der Waals surface area contributed by atoms with Gasteiger partial charge in [0, 0.05) is 12.1 Å². The van der Waals surface area contributed by atoms with Gasteiger partial charge in [-0.15, -0.1) is 0 Å². The van der Waals surface area contributed by atoms with Crippen molar-refractivity contribution in [3.8, 4) is 11.5 Å². The summed E-state index contributed by atoms with van der Waals surface area (Å²) in [5, 5.41) is 2.76. The molecule has 2 N–H and O–H groups in total. The lowest BCUT2D eigenvalue weighted by molar-refractivity contribution is -0.893. The second-order valence-electron chi connectivity index (χ2n) is 6.26. The maximum Gasteiger partial charge on any atom is 0.282 e. The van der Waals surface area contributed by atoms with Crippen molar-refractivity contribution >= 4 is 11.6 Å². The third-order valence-electron chi connectivity index (χ3n) is 4.48. The highest BCUT2D eigenvalue weighted by molar-refractivity contribution is 5.93. The van der Waals surface area contributed by atoms with Gasteiger partial charge in [-0.1, -0.05) is 12.1 Å². The molecule has 2 rings (SSSR count). The molecule has 0 saturated carbocycles. The zero-order valence-corrected chi connectivity index (χ0v) is 15.6. The number of anilines is 1. The second-order valence-corrected chi connectivity index (χ2v) is 6.26. The molecule has 0 spiro atoms. The zero-order chi connectivity index (χ0) is 19.1. The zero-order valence-electron chi connectivity index (χ0n) is 15.6. The number of likely N-dealkylation sites (N-methyl/N-ethyl adjacent to an activating group) is 1. The van der Waals surface area contributed by atoms with Gasteiger partial charge in [-0.25, -0.2) is 4.39 Å². The molecule has 0 aliphatic rings. The van der Waals surface area contributed by atoms with Crippen molar-refractivity contribution < 1.29 is 23.6 Å². The van der Waals surface area contributed by atoms with Crippen LogP contribution in [0.4, 0.5) is 10.1 Å². The van der Waals surface area contributed by atoms with Gasteiger partial charge in [0.1, 0.15) is 5.82 Å². The van der Waals surface area contributed by atoms with Gasteiger partial charge in [0.2, 0.25) is 0 Å². The average molecular weight is 361 g/mol. The second kappa shape index (κ2) is 9.20. The predicted octanol–water partition coefficient (Wildman–Crippen LogP) is 1.93. The number of carbonyl (C=O) groups is 1. The molecule has 0 radical (unpaired) electrons. The number of halogens is 1. The van der Waals surface area contributed by atoms with E-state index in [0.717, 1.165) is 23.4 Å². The highest BCUT2D eigenvalue weighted by atomic mass is 19.1. The highest BCUT2D eigenvalue weighted by Gasteiger charge is 2.22. The van der Waals surface area contributed by atoms with Crippen LogP contribution in [0.25, 0.3) is 0 Å². The first-order valence-electron chi connectivity index (χ1n) is 8.54. The van der Waals surface area contributed by atoms with E-state index in [1.54, 1.807) is 26.4 Å². The van der Waals surface area contributed by atoms with Crippen LogP contribution >= 0.6 is 0 Å².